The van der Waals surface area contributed by atoms with Crippen molar-refractivity contribution in [2.75, 3.05) is 0 Å². The van der Waals surface area contributed by atoms with Gasteiger partial charge in [-0.05, 0) is 85.6 Å². The standard InChI is InChI=1S/C46H32O/c1-2-8-30-23-32(14-13-29(30)7-1)35-19-21-45-43(26-35)44-27-36(20-22-46(44)47-45)33-15-16-34-25-38(18-17-31(34)24-33)42-28-37-9-3-4-10-39(37)40-11-5-6-12-41(40)42/h1-28,31,34,37,39H. The second-order valence-corrected chi connectivity index (χ2v) is 13.2. The van der Waals surface area contributed by atoms with Gasteiger partial charge in [-0.15, -0.1) is 0 Å². The molecule has 47 heavy (non-hydrogen) atoms. The van der Waals surface area contributed by atoms with Gasteiger partial charge < -0.3 is 4.42 Å². The van der Waals surface area contributed by atoms with Crippen LogP contribution in [0, 0.1) is 17.8 Å². The third kappa shape index (κ3) is 4.38. The van der Waals surface area contributed by atoms with Crippen molar-refractivity contribution in [2.24, 2.45) is 17.8 Å². The Balaban J connectivity index is 0.970. The molecule has 0 aliphatic heterocycles. The maximum Gasteiger partial charge on any atom is 0.135 e. The molecule has 0 amide bonds. The third-order valence-electron chi connectivity index (χ3n) is 10.5. The van der Waals surface area contributed by atoms with Crippen molar-refractivity contribution in [3.63, 3.8) is 0 Å². The zero-order valence-corrected chi connectivity index (χ0v) is 25.9. The highest BCUT2D eigenvalue weighted by Crippen LogP contribution is 2.46. The maximum absolute atomic E-state index is 6.30. The number of benzene rings is 5. The molecular formula is C46H32O. The van der Waals surface area contributed by atoms with Crippen LogP contribution < -0.4 is 0 Å². The summed E-state index contributed by atoms with van der Waals surface area (Å²) in [5.74, 6) is 1.51. The summed E-state index contributed by atoms with van der Waals surface area (Å²) in [5, 5.41) is 4.83. The van der Waals surface area contributed by atoms with E-state index < -0.39 is 0 Å². The molecule has 4 aliphatic rings. The molecule has 4 unspecified atom stereocenters. The normalized spacial score (nSPS) is 22.5. The average molecular weight is 601 g/mol. The summed E-state index contributed by atoms with van der Waals surface area (Å²) in [5.41, 5.74) is 12.2. The monoisotopic (exact) mass is 600 g/mol. The molecule has 4 aliphatic carbocycles. The van der Waals surface area contributed by atoms with Crippen LogP contribution in [0.15, 0.2) is 180 Å². The summed E-state index contributed by atoms with van der Waals surface area (Å²) in [6, 6.07) is 37.4. The molecular weight excluding hydrogens is 569 g/mol. The Kier molecular flexibility index (Phi) is 5.90. The lowest BCUT2D eigenvalue weighted by molar-refractivity contribution is 0.657. The molecule has 4 atom stereocenters. The summed E-state index contributed by atoms with van der Waals surface area (Å²) in [6.07, 6.45) is 25.9. The van der Waals surface area contributed by atoms with Crippen molar-refractivity contribution in [2.45, 2.75) is 5.92 Å². The van der Waals surface area contributed by atoms with Crippen LogP contribution in [0.5, 0.6) is 0 Å². The van der Waals surface area contributed by atoms with Crippen molar-refractivity contribution >= 4 is 43.9 Å². The summed E-state index contributed by atoms with van der Waals surface area (Å²) >= 11 is 0. The lowest BCUT2D eigenvalue weighted by Gasteiger charge is -2.33. The third-order valence-corrected chi connectivity index (χ3v) is 10.5. The fourth-order valence-corrected chi connectivity index (χ4v) is 8.08. The minimum Gasteiger partial charge on any atom is -0.456 e. The van der Waals surface area contributed by atoms with Gasteiger partial charge in [-0.2, -0.15) is 0 Å². The first kappa shape index (κ1) is 26.5. The van der Waals surface area contributed by atoms with E-state index in [0.29, 0.717) is 23.7 Å². The molecule has 1 aromatic heterocycles. The molecule has 0 saturated carbocycles. The van der Waals surface area contributed by atoms with E-state index >= 15 is 0 Å². The minimum absolute atomic E-state index is 0.333. The Labute approximate surface area is 274 Å². The first-order chi connectivity index (χ1) is 23.2. The Morgan fingerprint density at radius 2 is 1.13 bits per heavy atom. The van der Waals surface area contributed by atoms with Crippen LogP contribution in [-0.4, -0.2) is 0 Å². The fourth-order valence-electron chi connectivity index (χ4n) is 8.08. The molecule has 6 aromatic rings. The van der Waals surface area contributed by atoms with Crippen molar-refractivity contribution in [3.05, 3.63) is 192 Å². The van der Waals surface area contributed by atoms with Crippen molar-refractivity contribution in [1.29, 1.82) is 0 Å². The van der Waals surface area contributed by atoms with Crippen LogP contribution in [-0.2, 0) is 0 Å². The van der Waals surface area contributed by atoms with Crippen LogP contribution in [0.4, 0.5) is 0 Å². The summed E-state index contributed by atoms with van der Waals surface area (Å²) in [7, 11) is 0. The van der Waals surface area contributed by atoms with E-state index in [9.17, 15) is 0 Å². The number of hydrogen-bond acceptors (Lipinski definition) is 1. The molecule has 222 valence electrons. The van der Waals surface area contributed by atoms with Gasteiger partial charge in [-0.25, -0.2) is 0 Å². The van der Waals surface area contributed by atoms with E-state index in [1.54, 1.807) is 0 Å². The molecule has 1 heterocycles. The molecule has 0 N–H and O–H groups in total. The van der Waals surface area contributed by atoms with Gasteiger partial charge in [0.1, 0.15) is 11.2 Å². The highest BCUT2D eigenvalue weighted by Gasteiger charge is 2.30. The highest BCUT2D eigenvalue weighted by molar-refractivity contribution is 6.07. The highest BCUT2D eigenvalue weighted by atomic mass is 16.3. The fraction of sp³-hybridized carbons (Fsp3) is 0.0870. The minimum atomic E-state index is 0.333. The Morgan fingerprint density at radius 1 is 0.468 bits per heavy atom. The molecule has 10 rings (SSSR count). The lowest BCUT2D eigenvalue weighted by Crippen LogP contribution is -2.18. The van der Waals surface area contributed by atoms with Gasteiger partial charge >= 0.3 is 0 Å². The molecule has 0 fully saturated rings. The topological polar surface area (TPSA) is 13.1 Å². The van der Waals surface area contributed by atoms with Crippen molar-refractivity contribution in [3.8, 4) is 11.1 Å². The SMILES string of the molecule is C1=CC2C=C(C3=CC4C=CC(c5ccc6oc7ccc(-c8ccc9ccccc9c8)cc7c6c5)=CC4C=C3)c3ccccc3C2C=C1. The second kappa shape index (κ2) is 10.4. The molecule has 0 bridgehead atoms. The zero-order valence-electron chi connectivity index (χ0n) is 25.9. The number of rotatable bonds is 3. The molecule has 0 radical (unpaired) electrons. The number of hydrogen-bond donors (Lipinski definition) is 0. The zero-order chi connectivity index (χ0) is 30.9. The van der Waals surface area contributed by atoms with Crippen LogP contribution in [0.25, 0.3) is 55.0 Å². The van der Waals surface area contributed by atoms with E-state index in [4.69, 9.17) is 4.42 Å². The van der Waals surface area contributed by atoms with Gasteiger partial charge in [0.15, 0.2) is 0 Å². The largest absolute Gasteiger partial charge is 0.456 e. The molecule has 0 spiro atoms. The number of fused-ring (bicyclic) bond motifs is 8. The molecule has 0 saturated heterocycles. The first-order valence-corrected chi connectivity index (χ1v) is 16.7. The van der Waals surface area contributed by atoms with E-state index in [1.807, 2.05) is 0 Å². The summed E-state index contributed by atoms with van der Waals surface area (Å²) < 4.78 is 6.30. The van der Waals surface area contributed by atoms with Gasteiger partial charge in [0, 0.05) is 34.4 Å². The average Bonchev–Trinajstić information content (AvgIpc) is 3.51. The van der Waals surface area contributed by atoms with Gasteiger partial charge in [0.05, 0.1) is 0 Å². The van der Waals surface area contributed by atoms with Gasteiger partial charge in [-0.1, -0.05) is 140 Å². The Hall–Kier alpha value is -5.66. The van der Waals surface area contributed by atoms with E-state index in [-0.39, 0.29) is 0 Å². The van der Waals surface area contributed by atoms with E-state index in [0.717, 1.165) is 21.9 Å². The smallest absolute Gasteiger partial charge is 0.135 e. The van der Waals surface area contributed by atoms with Crippen LogP contribution in [0.2, 0.25) is 0 Å². The molecule has 1 heteroatoms. The summed E-state index contributed by atoms with van der Waals surface area (Å²) in [6.45, 7) is 0. The lowest BCUT2D eigenvalue weighted by atomic mass is 9.71. The van der Waals surface area contributed by atoms with Gasteiger partial charge in [-0.3, -0.25) is 0 Å². The van der Waals surface area contributed by atoms with Crippen molar-refractivity contribution in [1.82, 2.24) is 0 Å². The molecule has 1 nitrogen and oxygen atoms in total. The van der Waals surface area contributed by atoms with Crippen molar-refractivity contribution < 1.29 is 4.42 Å². The van der Waals surface area contributed by atoms with Gasteiger partial charge in [0.25, 0.3) is 0 Å². The second-order valence-electron chi connectivity index (χ2n) is 13.2. The van der Waals surface area contributed by atoms with E-state index in [1.165, 1.54) is 55.3 Å². The number of allylic oxidation sites excluding steroid dienone is 14. The number of furan rings is 1. The Morgan fingerprint density at radius 3 is 2.00 bits per heavy atom. The van der Waals surface area contributed by atoms with E-state index in [2.05, 4.69) is 170 Å². The van der Waals surface area contributed by atoms with Crippen LogP contribution in [0.1, 0.15) is 22.6 Å². The summed E-state index contributed by atoms with van der Waals surface area (Å²) in [4.78, 5) is 0. The maximum atomic E-state index is 6.30. The molecule has 5 aromatic carbocycles. The van der Waals surface area contributed by atoms with Gasteiger partial charge in [0.2, 0.25) is 0 Å². The van der Waals surface area contributed by atoms with Crippen LogP contribution in [0.3, 0.4) is 0 Å². The van der Waals surface area contributed by atoms with Crippen LogP contribution >= 0.6 is 0 Å². The Bertz CT molecular complexity index is 2490. The predicted molar refractivity (Wildman–Crippen MR) is 197 cm³/mol. The quantitative estimate of drug-likeness (QED) is 0.197. The predicted octanol–water partition coefficient (Wildman–Crippen LogP) is 12.0. The first-order valence-electron chi connectivity index (χ1n) is 16.7.